The first kappa shape index (κ1) is 15.4. The Morgan fingerprint density at radius 2 is 2.00 bits per heavy atom. The highest BCUT2D eigenvalue weighted by Gasteiger charge is 2.21. The Morgan fingerprint density at radius 3 is 2.62 bits per heavy atom. The molecule has 1 heterocycles. The smallest absolute Gasteiger partial charge is 0.263 e. The molecule has 2 aromatic rings. The molecule has 0 aliphatic heterocycles. The molecule has 1 aromatic carbocycles. The summed E-state index contributed by atoms with van der Waals surface area (Å²) in [4.78, 5) is 13.9. The Labute approximate surface area is 129 Å². The van der Waals surface area contributed by atoms with Gasteiger partial charge in [0.1, 0.15) is 5.82 Å². The van der Waals surface area contributed by atoms with E-state index >= 15 is 0 Å². The van der Waals surface area contributed by atoms with Crippen molar-refractivity contribution in [1.29, 1.82) is 0 Å². The van der Waals surface area contributed by atoms with E-state index in [-0.39, 0.29) is 16.4 Å². The zero-order valence-electron chi connectivity index (χ0n) is 10.8. The van der Waals surface area contributed by atoms with Crippen molar-refractivity contribution in [1.82, 2.24) is 4.98 Å². The van der Waals surface area contributed by atoms with E-state index in [0.29, 0.717) is 10.0 Å². The van der Waals surface area contributed by atoms with Crippen LogP contribution in [-0.4, -0.2) is 18.3 Å². The number of anilines is 1. The first-order valence-electron chi connectivity index (χ1n) is 5.69. The predicted octanol–water partition coefficient (Wildman–Crippen LogP) is 2.86. The normalized spacial score (nSPS) is 11.1. The van der Waals surface area contributed by atoms with E-state index in [0.717, 1.165) is 6.07 Å². The van der Waals surface area contributed by atoms with Crippen LogP contribution in [0, 0.1) is 17.0 Å². The molecule has 0 saturated heterocycles. The number of hydrogen-bond acceptors (Lipinski definition) is 5. The van der Waals surface area contributed by atoms with Crippen molar-refractivity contribution >= 4 is 37.5 Å². The minimum Gasteiger partial charge on any atom is -0.263 e. The van der Waals surface area contributed by atoms with Gasteiger partial charge in [0.15, 0.2) is 0 Å². The molecule has 0 amide bonds. The molecule has 21 heavy (non-hydrogen) atoms. The summed E-state index contributed by atoms with van der Waals surface area (Å²) in [6.07, 6.45) is 1.43. The summed E-state index contributed by atoms with van der Waals surface area (Å²) in [7, 11) is -3.95. The number of nitro groups is 1. The minimum atomic E-state index is -3.95. The quantitative estimate of drug-likeness (QED) is 0.657. The van der Waals surface area contributed by atoms with Crippen LogP contribution in [0.1, 0.15) is 5.56 Å². The number of nitro benzene ring substituents is 1. The maximum Gasteiger partial charge on any atom is 0.270 e. The van der Waals surface area contributed by atoms with E-state index in [2.05, 4.69) is 25.6 Å². The van der Waals surface area contributed by atoms with Crippen LogP contribution in [0.2, 0.25) is 0 Å². The maximum absolute atomic E-state index is 12.3. The van der Waals surface area contributed by atoms with Gasteiger partial charge in [-0.3, -0.25) is 14.8 Å². The molecule has 0 unspecified atom stereocenters. The van der Waals surface area contributed by atoms with Crippen molar-refractivity contribution < 1.29 is 13.3 Å². The number of non-ortho nitro benzene ring substituents is 1. The van der Waals surface area contributed by atoms with Gasteiger partial charge in [-0.05, 0) is 24.6 Å². The third-order valence-electron chi connectivity index (χ3n) is 2.63. The van der Waals surface area contributed by atoms with Crippen molar-refractivity contribution in [3.8, 4) is 0 Å². The van der Waals surface area contributed by atoms with Crippen molar-refractivity contribution in [2.45, 2.75) is 11.8 Å². The van der Waals surface area contributed by atoms with Crippen LogP contribution < -0.4 is 4.72 Å². The van der Waals surface area contributed by atoms with Gasteiger partial charge < -0.3 is 0 Å². The average Bonchev–Trinajstić information content (AvgIpc) is 2.38. The summed E-state index contributed by atoms with van der Waals surface area (Å²) >= 11 is 3.21. The largest absolute Gasteiger partial charge is 0.270 e. The summed E-state index contributed by atoms with van der Waals surface area (Å²) < 4.78 is 27.6. The molecule has 0 saturated carbocycles. The molecule has 1 N–H and O–H groups in total. The van der Waals surface area contributed by atoms with Crippen LogP contribution in [0.25, 0.3) is 0 Å². The van der Waals surface area contributed by atoms with Gasteiger partial charge in [-0.25, -0.2) is 13.4 Å². The summed E-state index contributed by atoms with van der Waals surface area (Å²) in [5.74, 6) is 0.121. The van der Waals surface area contributed by atoms with Gasteiger partial charge in [0.25, 0.3) is 15.7 Å². The highest BCUT2D eigenvalue weighted by molar-refractivity contribution is 9.10. The highest BCUT2D eigenvalue weighted by Crippen LogP contribution is 2.24. The average molecular weight is 372 g/mol. The van der Waals surface area contributed by atoms with Crippen LogP contribution in [0.4, 0.5) is 11.5 Å². The molecule has 0 fully saturated rings. The lowest BCUT2D eigenvalue weighted by Gasteiger charge is -2.09. The number of rotatable bonds is 4. The minimum absolute atomic E-state index is 0.121. The summed E-state index contributed by atoms with van der Waals surface area (Å²) in [6.45, 7) is 1.56. The monoisotopic (exact) mass is 371 g/mol. The number of aromatic nitrogens is 1. The molecule has 0 bridgehead atoms. The third-order valence-corrected chi connectivity index (χ3v) is 4.62. The summed E-state index contributed by atoms with van der Waals surface area (Å²) in [5.41, 5.74) is 0.117. The first-order valence-corrected chi connectivity index (χ1v) is 7.96. The third kappa shape index (κ3) is 3.56. The van der Waals surface area contributed by atoms with E-state index in [1.165, 1.54) is 24.4 Å². The van der Waals surface area contributed by atoms with E-state index in [1.807, 2.05) is 0 Å². The van der Waals surface area contributed by atoms with Crippen LogP contribution in [0.3, 0.4) is 0 Å². The standard InChI is InChI=1S/C12H10BrN3O4S/c1-8-2-3-10(16(17)18)7-11(8)21(19,20)15-12-6-9(13)4-5-14-12/h2-7H,1H3,(H,14,15). The molecular formula is C12H10BrN3O4S. The van der Waals surface area contributed by atoms with Gasteiger partial charge in [0.05, 0.1) is 9.82 Å². The second-order valence-corrected chi connectivity index (χ2v) is 6.74. The zero-order valence-corrected chi connectivity index (χ0v) is 13.2. The molecule has 0 aliphatic rings. The molecule has 0 radical (unpaired) electrons. The van der Waals surface area contributed by atoms with Crippen molar-refractivity contribution in [2.24, 2.45) is 0 Å². The summed E-state index contributed by atoms with van der Waals surface area (Å²) in [6, 6.07) is 6.81. The predicted molar refractivity (Wildman–Crippen MR) is 80.6 cm³/mol. The Bertz CT molecular complexity index is 808. The van der Waals surface area contributed by atoms with Crippen molar-refractivity contribution in [3.63, 3.8) is 0 Å². The second kappa shape index (κ2) is 5.78. The van der Waals surface area contributed by atoms with Crippen LogP contribution >= 0.6 is 15.9 Å². The van der Waals surface area contributed by atoms with Gasteiger partial charge in [-0.1, -0.05) is 22.0 Å². The number of benzene rings is 1. The fourth-order valence-electron chi connectivity index (χ4n) is 1.65. The maximum atomic E-state index is 12.3. The van der Waals surface area contributed by atoms with Crippen LogP contribution in [0.15, 0.2) is 45.9 Å². The van der Waals surface area contributed by atoms with Gasteiger partial charge >= 0.3 is 0 Å². The summed E-state index contributed by atoms with van der Waals surface area (Å²) in [5, 5.41) is 10.8. The lowest BCUT2D eigenvalue weighted by Crippen LogP contribution is -2.15. The number of aryl methyl sites for hydroxylation is 1. The van der Waals surface area contributed by atoms with E-state index in [1.54, 1.807) is 13.0 Å². The fourth-order valence-corrected chi connectivity index (χ4v) is 3.24. The number of hydrogen-bond donors (Lipinski definition) is 1. The van der Waals surface area contributed by atoms with Gasteiger partial charge in [-0.15, -0.1) is 0 Å². The number of pyridine rings is 1. The molecule has 9 heteroatoms. The highest BCUT2D eigenvalue weighted by atomic mass is 79.9. The van der Waals surface area contributed by atoms with E-state index in [4.69, 9.17) is 0 Å². The Morgan fingerprint density at radius 1 is 1.29 bits per heavy atom. The molecule has 0 aliphatic carbocycles. The molecule has 2 rings (SSSR count). The molecular weight excluding hydrogens is 362 g/mol. The molecule has 0 spiro atoms. The van der Waals surface area contributed by atoms with Gasteiger partial charge in [0.2, 0.25) is 0 Å². The van der Waals surface area contributed by atoms with E-state index < -0.39 is 14.9 Å². The molecule has 0 atom stereocenters. The lowest BCUT2D eigenvalue weighted by molar-refractivity contribution is -0.385. The molecule has 110 valence electrons. The SMILES string of the molecule is Cc1ccc([N+](=O)[O-])cc1S(=O)(=O)Nc1cc(Br)ccn1. The van der Waals surface area contributed by atoms with Gasteiger partial charge in [-0.2, -0.15) is 0 Å². The van der Waals surface area contributed by atoms with Crippen molar-refractivity contribution in [2.75, 3.05) is 4.72 Å². The fraction of sp³-hybridized carbons (Fsp3) is 0.0833. The lowest BCUT2D eigenvalue weighted by atomic mass is 10.2. The Hall–Kier alpha value is -2.00. The topological polar surface area (TPSA) is 102 Å². The number of nitrogens with one attached hydrogen (secondary N) is 1. The van der Waals surface area contributed by atoms with Crippen LogP contribution in [-0.2, 0) is 10.0 Å². The number of nitrogens with zero attached hydrogens (tertiary/aromatic N) is 2. The Balaban J connectivity index is 2.44. The number of sulfonamides is 1. The number of halogens is 1. The zero-order chi connectivity index (χ0) is 15.6. The van der Waals surface area contributed by atoms with Crippen molar-refractivity contribution in [3.05, 3.63) is 56.7 Å². The Kier molecular flexibility index (Phi) is 4.24. The molecule has 7 nitrogen and oxygen atoms in total. The van der Waals surface area contributed by atoms with E-state index in [9.17, 15) is 18.5 Å². The molecule has 1 aromatic heterocycles. The first-order chi connectivity index (χ1) is 9.79. The van der Waals surface area contributed by atoms with Crippen LogP contribution in [0.5, 0.6) is 0 Å². The second-order valence-electron chi connectivity index (χ2n) is 4.17. The van der Waals surface area contributed by atoms with Gasteiger partial charge in [0, 0.05) is 22.8 Å².